The van der Waals surface area contributed by atoms with Crippen LogP contribution in [0.2, 0.25) is 0 Å². The van der Waals surface area contributed by atoms with Crippen molar-refractivity contribution in [2.75, 3.05) is 6.54 Å². The van der Waals surface area contributed by atoms with Crippen molar-refractivity contribution in [1.82, 2.24) is 5.06 Å². The molecule has 1 unspecified atom stereocenters. The molecule has 1 N–H and O–H groups in total. The third-order valence-corrected chi connectivity index (χ3v) is 2.46. The lowest BCUT2D eigenvalue weighted by molar-refractivity contribution is -0.180. The van der Waals surface area contributed by atoms with Gasteiger partial charge in [-0.25, -0.2) is 5.06 Å². The van der Waals surface area contributed by atoms with Crippen LogP contribution in [-0.4, -0.2) is 22.7 Å². The normalized spacial score (nSPS) is 26.2. The molecule has 70 valence electrons. The minimum Gasteiger partial charge on any atom is -0.286 e. The van der Waals surface area contributed by atoms with Gasteiger partial charge < -0.3 is 0 Å². The van der Waals surface area contributed by atoms with Crippen LogP contribution in [0.5, 0.6) is 0 Å². The summed E-state index contributed by atoms with van der Waals surface area (Å²) in [6.45, 7) is 6.60. The molecule has 0 bridgehead atoms. The van der Waals surface area contributed by atoms with Gasteiger partial charge in [0, 0.05) is 12.5 Å². The molecule has 0 aromatic heterocycles. The van der Waals surface area contributed by atoms with E-state index in [1.807, 2.05) is 20.8 Å². The van der Waals surface area contributed by atoms with Crippen LogP contribution >= 0.6 is 0 Å². The first-order valence-electron chi connectivity index (χ1n) is 4.43. The van der Waals surface area contributed by atoms with Gasteiger partial charge in [-0.2, -0.15) is 0 Å². The molecule has 3 nitrogen and oxygen atoms in total. The molecule has 0 aromatic carbocycles. The lowest BCUT2D eigenvalue weighted by atomic mass is 9.76. The highest BCUT2D eigenvalue weighted by molar-refractivity contribution is 5.79. The molecule has 1 aliphatic heterocycles. The number of piperidine rings is 1. The van der Waals surface area contributed by atoms with E-state index in [4.69, 9.17) is 0 Å². The molecule has 0 saturated carbocycles. The van der Waals surface area contributed by atoms with Crippen LogP contribution in [-0.2, 0) is 4.79 Å². The summed E-state index contributed by atoms with van der Waals surface area (Å²) >= 11 is 0. The standard InChI is InChI=1S/C9H17NO2/c1-9(2,3)7-5-4-6-10(12)8(7)11/h7,12H,4-6H2,1-3H3. The summed E-state index contributed by atoms with van der Waals surface area (Å²) < 4.78 is 0. The fraction of sp³-hybridized carbons (Fsp3) is 0.889. The van der Waals surface area contributed by atoms with E-state index >= 15 is 0 Å². The number of carbonyl (C=O) groups excluding carboxylic acids is 1. The number of carbonyl (C=O) groups is 1. The molecule has 0 radical (unpaired) electrons. The molecular formula is C9H17NO2. The quantitative estimate of drug-likeness (QED) is 0.563. The van der Waals surface area contributed by atoms with Gasteiger partial charge in [0.25, 0.3) is 0 Å². The topological polar surface area (TPSA) is 40.5 Å². The van der Waals surface area contributed by atoms with Gasteiger partial charge in [0.1, 0.15) is 0 Å². The number of nitrogens with zero attached hydrogens (tertiary/aromatic N) is 1. The Labute approximate surface area is 73.3 Å². The van der Waals surface area contributed by atoms with Crippen LogP contribution in [0.25, 0.3) is 0 Å². The van der Waals surface area contributed by atoms with Gasteiger partial charge in [0.05, 0.1) is 0 Å². The maximum Gasteiger partial charge on any atom is 0.249 e. The molecular weight excluding hydrogens is 154 g/mol. The second kappa shape index (κ2) is 3.05. The third-order valence-electron chi connectivity index (χ3n) is 2.46. The van der Waals surface area contributed by atoms with E-state index in [1.165, 1.54) is 0 Å². The monoisotopic (exact) mass is 171 g/mol. The maximum absolute atomic E-state index is 11.4. The summed E-state index contributed by atoms with van der Waals surface area (Å²) in [6.07, 6.45) is 1.81. The molecule has 1 saturated heterocycles. The Balaban J connectivity index is 2.71. The van der Waals surface area contributed by atoms with Crippen molar-refractivity contribution in [3.05, 3.63) is 0 Å². The number of hydrogen-bond acceptors (Lipinski definition) is 2. The Morgan fingerprint density at radius 1 is 1.50 bits per heavy atom. The fourth-order valence-corrected chi connectivity index (χ4v) is 1.66. The van der Waals surface area contributed by atoms with Crippen LogP contribution in [0.15, 0.2) is 0 Å². The zero-order chi connectivity index (χ0) is 9.35. The smallest absolute Gasteiger partial charge is 0.249 e. The van der Waals surface area contributed by atoms with Gasteiger partial charge in [0.15, 0.2) is 0 Å². The van der Waals surface area contributed by atoms with Crippen LogP contribution in [0.1, 0.15) is 33.6 Å². The van der Waals surface area contributed by atoms with Gasteiger partial charge in [-0.05, 0) is 18.3 Å². The largest absolute Gasteiger partial charge is 0.286 e. The highest BCUT2D eigenvalue weighted by atomic mass is 16.5. The SMILES string of the molecule is CC(C)(C)C1CCCN(O)C1=O. The summed E-state index contributed by atoms with van der Waals surface area (Å²) in [5.74, 6) is -0.134. The molecule has 1 aliphatic rings. The number of hydrogen-bond donors (Lipinski definition) is 1. The van der Waals surface area contributed by atoms with Gasteiger partial charge in [-0.15, -0.1) is 0 Å². The Morgan fingerprint density at radius 2 is 2.08 bits per heavy atom. The van der Waals surface area contributed by atoms with E-state index in [9.17, 15) is 10.0 Å². The molecule has 1 fully saturated rings. The number of hydroxylamine groups is 2. The van der Waals surface area contributed by atoms with Gasteiger partial charge in [0.2, 0.25) is 5.91 Å². The van der Waals surface area contributed by atoms with Crippen molar-refractivity contribution >= 4 is 5.91 Å². The minimum atomic E-state index is -0.117. The molecule has 0 aromatic rings. The second-order valence-electron chi connectivity index (χ2n) is 4.52. The lowest BCUT2D eigenvalue weighted by Crippen LogP contribution is -2.43. The van der Waals surface area contributed by atoms with Crippen molar-refractivity contribution in [1.29, 1.82) is 0 Å². The maximum atomic E-state index is 11.4. The van der Waals surface area contributed by atoms with Gasteiger partial charge in [-0.1, -0.05) is 20.8 Å². The molecule has 0 spiro atoms. The molecule has 1 rings (SSSR count). The highest BCUT2D eigenvalue weighted by Gasteiger charge is 2.36. The Bertz CT molecular complexity index is 183. The predicted octanol–water partition coefficient (Wildman–Crippen LogP) is 1.66. The molecule has 1 amide bonds. The predicted molar refractivity (Wildman–Crippen MR) is 45.7 cm³/mol. The zero-order valence-corrected chi connectivity index (χ0v) is 8.00. The molecule has 0 aliphatic carbocycles. The minimum absolute atomic E-state index is 0.0174. The first-order chi connectivity index (χ1) is 5.43. The summed E-state index contributed by atoms with van der Waals surface area (Å²) in [7, 11) is 0. The van der Waals surface area contributed by atoms with Crippen LogP contribution in [0.3, 0.4) is 0 Å². The summed E-state index contributed by atoms with van der Waals surface area (Å²) in [5.41, 5.74) is -0.0293. The van der Waals surface area contributed by atoms with E-state index < -0.39 is 0 Å². The van der Waals surface area contributed by atoms with E-state index in [0.717, 1.165) is 17.9 Å². The highest BCUT2D eigenvalue weighted by Crippen LogP contribution is 2.33. The molecule has 1 heterocycles. The Hall–Kier alpha value is -0.570. The van der Waals surface area contributed by atoms with Crippen LogP contribution in [0.4, 0.5) is 0 Å². The van der Waals surface area contributed by atoms with Crippen molar-refractivity contribution in [3.8, 4) is 0 Å². The van der Waals surface area contributed by atoms with Gasteiger partial charge >= 0.3 is 0 Å². The van der Waals surface area contributed by atoms with Crippen LogP contribution < -0.4 is 0 Å². The Kier molecular flexibility index (Phi) is 2.42. The number of rotatable bonds is 0. The summed E-state index contributed by atoms with van der Waals surface area (Å²) in [4.78, 5) is 11.4. The van der Waals surface area contributed by atoms with Crippen LogP contribution in [0, 0.1) is 11.3 Å². The lowest BCUT2D eigenvalue weighted by Gasteiger charge is -2.35. The molecule has 3 heteroatoms. The van der Waals surface area contributed by atoms with Crippen molar-refractivity contribution < 1.29 is 10.0 Å². The second-order valence-corrected chi connectivity index (χ2v) is 4.52. The third kappa shape index (κ3) is 1.78. The fourth-order valence-electron chi connectivity index (χ4n) is 1.66. The van der Waals surface area contributed by atoms with Gasteiger partial charge in [-0.3, -0.25) is 10.0 Å². The first kappa shape index (κ1) is 9.52. The Morgan fingerprint density at radius 3 is 2.50 bits per heavy atom. The summed E-state index contributed by atoms with van der Waals surface area (Å²) in [5, 5.41) is 10.1. The zero-order valence-electron chi connectivity index (χ0n) is 8.00. The summed E-state index contributed by atoms with van der Waals surface area (Å²) in [6, 6.07) is 0. The van der Waals surface area contributed by atoms with Crippen molar-refractivity contribution in [2.24, 2.45) is 11.3 Å². The van der Waals surface area contributed by atoms with E-state index in [1.54, 1.807) is 0 Å². The average molecular weight is 171 g/mol. The van der Waals surface area contributed by atoms with Crippen molar-refractivity contribution in [3.63, 3.8) is 0 Å². The molecule has 1 atom stereocenters. The first-order valence-corrected chi connectivity index (χ1v) is 4.43. The number of amides is 1. The average Bonchev–Trinajstić information content (AvgIpc) is 1.92. The molecule has 12 heavy (non-hydrogen) atoms. The van der Waals surface area contributed by atoms with E-state index in [0.29, 0.717) is 6.54 Å². The van der Waals surface area contributed by atoms with E-state index in [-0.39, 0.29) is 17.2 Å². The van der Waals surface area contributed by atoms with Crippen molar-refractivity contribution in [2.45, 2.75) is 33.6 Å². The van der Waals surface area contributed by atoms with E-state index in [2.05, 4.69) is 0 Å².